The average Bonchev–Trinajstić information content (AvgIpc) is 2.35. The molecule has 2 rings (SSSR count). The first kappa shape index (κ1) is 12.3. The van der Waals surface area contributed by atoms with Crippen LogP contribution in [-0.2, 0) is 0 Å². The summed E-state index contributed by atoms with van der Waals surface area (Å²) >= 11 is 5.63. The van der Waals surface area contributed by atoms with Gasteiger partial charge in [-0.2, -0.15) is 5.26 Å². The van der Waals surface area contributed by atoms with Crippen LogP contribution in [0.25, 0.3) is 0 Å². The molecule has 0 saturated carbocycles. The molecule has 0 amide bonds. The predicted molar refractivity (Wildman–Crippen MR) is 68.4 cm³/mol. The van der Waals surface area contributed by atoms with E-state index in [0.29, 0.717) is 11.3 Å². The van der Waals surface area contributed by atoms with E-state index in [1.54, 1.807) is 18.2 Å². The van der Waals surface area contributed by atoms with E-state index in [4.69, 9.17) is 16.9 Å². The summed E-state index contributed by atoms with van der Waals surface area (Å²) in [4.78, 5) is 3.87. The number of halogens is 2. The molecule has 0 aliphatic carbocycles. The van der Waals surface area contributed by atoms with E-state index < -0.39 is 5.82 Å². The molecule has 0 unspecified atom stereocenters. The Morgan fingerprint density at radius 1 is 1.39 bits per heavy atom. The smallest absolute Gasteiger partial charge is 0.167 e. The number of rotatable bonds is 2. The molecule has 1 aromatic heterocycles. The Labute approximate surface area is 109 Å². The largest absolute Gasteiger partial charge is 0.338 e. The molecule has 3 nitrogen and oxygen atoms in total. The minimum absolute atomic E-state index is 0.0811. The number of benzene rings is 1. The lowest BCUT2D eigenvalue weighted by molar-refractivity contribution is 0.626. The Kier molecular flexibility index (Phi) is 3.45. The van der Waals surface area contributed by atoms with Gasteiger partial charge < -0.3 is 5.32 Å². The number of hydrogen-bond donors (Lipinski definition) is 1. The second-order valence-corrected chi connectivity index (χ2v) is 4.19. The van der Waals surface area contributed by atoms with E-state index in [1.165, 1.54) is 12.3 Å². The molecule has 0 atom stereocenters. The van der Waals surface area contributed by atoms with Gasteiger partial charge >= 0.3 is 0 Å². The van der Waals surface area contributed by atoms with E-state index in [0.717, 1.165) is 5.56 Å². The summed E-state index contributed by atoms with van der Waals surface area (Å²) in [5, 5.41) is 11.9. The zero-order valence-electron chi connectivity index (χ0n) is 9.54. The Balaban J connectivity index is 2.37. The Bertz CT molecular complexity index is 635. The van der Waals surface area contributed by atoms with Gasteiger partial charge in [-0.05, 0) is 30.7 Å². The van der Waals surface area contributed by atoms with Crippen molar-refractivity contribution in [3.05, 3.63) is 52.4 Å². The zero-order valence-corrected chi connectivity index (χ0v) is 10.3. The van der Waals surface area contributed by atoms with Crippen LogP contribution in [0.1, 0.15) is 11.1 Å². The molecular weight excluding hydrogens is 253 g/mol. The maximum absolute atomic E-state index is 13.6. The minimum Gasteiger partial charge on any atom is -0.338 e. The third kappa shape index (κ3) is 2.58. The van der Waals surface area contributed by atoms with Crippen molar-refractivity contribution in [2.24, 2.45) is 0 Å². The highest BCUT2D eigenvalue weighted by molar-refractivity contribution is 6.30. The first-order valence-corrected chi connectivity index (χ1v) is 5.57. The molecule has 2 aromatic rings. The van der Waals surface area contributed by atoms with Crippen molar-refractivity contribution in [1.29, 1.82) is 5.26 Å². The van der Waals surface area contributed by atoms with E-state index in [9.17, 15) is 4.39 Å². The van der Waals surface area contributed by atoms with E-state index in [-0.39, 0.29) is 10.8 Å². The van der Waals surface area contributed by atoms with E-state index in [2.05, 4.69) is 10.3 Å². The lowest BCUT2D eigenvalue weighted by atomic mass is 10.1. The molecule has 1 aromatic carbocycles. The highest BCUT2D eigenvalue weighted by Crippen LogP contribution is 2.23. The number of nitrogens with one attached hydrogen (secondary N) is 1. The second kappa shape index (κ2) is 5.03. The van der Waals surface area contributed by atoms with Crippen molar-refractivity contribution in [2.45, 2.75) is 6.92 Å². The topological polar surface area (TPSA) is 48.7 Å². The maximum Gasteiger partial charge on any atom is 0.167 e. The summed E-state index contributed by atoms with van der Waals surface area (Å²) in [6, 6.07) is 8.34. The molecule has 0 spiro atoms. The normalized spacial score (nSPS) is 9.89. The second-order valence-electron chi connectivity index (χ2n) is 3.75. The molecule has 18 heavy (non-hydrogen) atoms. The molecule has 90 valence electrons. The number of pyridine rings is 1. The lowest BCUT2D eigenvalue weighted by Crippen LogP contribution is -1.99. The van der Waals surface area contributed by atoms with Gasteiger partial charge in [-0.25, -0.2) is 9.37 Å². The molecule has 0 bridgehead atoms. The third-order valence-corrected chi connectivity index (χ3v) is 2.63. The molecule has 0 aliphatic heterocycles. The molecule has 5 heteroatoms. The highest BCUT2D eigenvalue weighted by Gasteiger charge is 2.07. The quantitative estimate of drug-likeness (QED) is 0.895. The maximum atomic E-state index is 13.6. The molecule has 0 radical (unpaired) electrons. The Hall–Kier alpha value is -2.12. The fourth-order valence-electron chi connectivity index (χ4n) is 1.46. The van der Waals surface area contributed by atoms with Gasteiger partial charge in [0, 0.05) is 11.9 Å². The predicted octanol–water partition coefficient (Wildman–Crippen LogP) is 3.80. The Morgan fingerprint density at radius 3 is 2.83 bits per heavy atom. The first-order valence-electron chi connectivity index (χ1n) is 5.19. The number of aromatic nitrogens is 1. The highest BCUT2D eigenvalue weighted by atomic mass is 35.5. The summed E-state index contributed by atoms with van der Waals surface area (Å²) in [5.41, 5.74) is 2.03. The Morgan fingerprint density at radius 2 is 2.17 bits per heavy atom. The van der Waals surface area contributed by atoms with Crippen LogP contribution in [0.15, 0.2) is 30.5 Å². The van der Waals surface area contributed by atoms with Crippen LogP contribution >= 0.6 is 11.6 Å². The van der Waals surface area contributed by atoms with Gasteiger partial charge in [0.2, 0.25) is 0 Å². The summed E-state index contributed by atoms with van der Waals surface area (Å²) in [6.07, 6.45) is 1.36. The van der Waals surface area contributed by atoms with Gasteiger partial charge in [-0.15, -0.1) is 0 Å². The SMILES string of the molecule is Cc1ccc(C#N)cc1Nc1ncc(Cl)cc1F. The molecule has 1 heterocycles. The van der Waals surface area contributed by atoms with Gasteiger partial charge in [0.1, 0.15) is 0 Å². The summed E-state index contributed by atoms with van der Waals surface area (Å²) in [5.74, 6) is -0.457. The fourth-order valence-corrected chi connectivity index (χ4v) is 1.60. The van der Waals surface area contributed by atoms with Crippen LogP contribution in [-0.4, -0.2) is 4.98 Å². The van der Waals surface area contributed by atoms with Gasteiger partial charge in [0.05, 0.1) is 16.7 Å². The number of anilines is 2. The van der Waals surface area contributed by atoms with Crippen molar-refractivity contribution >= 4 is 23.1 Å². The number of nitriles is 1. The molecule has 0 fully saturated rings. The van der Waals surface area contributed by atoms with Crippen LogP contribution < -0.4 is 5.32 Å². The van der Waals surface area contributed by atoms with Crippen LogP contribution in [0.5, 0.6) is 0 Å². The molecule has 0 aliphatic rings. The van der Waals surface area contributed by atoms with Crippen molar-refractivity contribution in [3.8, 4) is 6.07 Å². The van der Waals surface area contributed by atoms with Crippen LogP contribution in [0.2, 0.25) is 5.02 Å². The number of nitrogens with zero attached hydrogens (tertiary/aromatic N) is 2. The van der Waals surface area contributed by atoms with Crippen molar-refractivity contribution in [2.75, 3.05) is 5.32 Å². The lowest BCUT2D eigenvalue weighted by Gasteiger charge is -2.09. The van der Waals surface area contributed by atoms with Gasteiger partial charge in [-0.1, -0.05) is 17.7 Å². The van der Waals surface area contributed by atoms with Gasteiger partial charge in [0.25, 0.3) is 0 Å². The van der Waals surface area contributed by atoms with Crippen molar-refractivity contribution < 1.29 is 4.39 Å². The van der Waals surface area contributed by atoms with Crippen LogP contribution in [0.3, 0.4) is 0 Å². The monoisotopic (exact) mass is 261 g/mol. The van der Waals surface area contributed by atoms with E-state index in [1.807, 2.05) is 13.0 Å². The van der Waals surface area contributed by atoms with E-state index >= 15 is 0 Å². The summed E-state index contributed by atoms with van der Waals surface area (Å²) in [6.45, 7) is 1.86. The minimum atomic E-state index is -0.538. The average molecular weight is 262 g/mol. The van der Waals surface area contributed by atoms with Crippen LogP contribution in [0, 0.1) is 24.1 Å². The third-order valence-electron chi connectivity index (χ3n) is 2.43. The molecular formula is C13H9ClFN3. The molecule has 1 N–H and O–H groups in total. The zero-order chi connectivity index (χ0) is 13.1. The summed E-state index contributed by atoms with van der Waals surface area (Å²) in [7, 11) is 0. The van der Waals surface area contributed by atoms with Gasteiger partial charge in [0.15, 0.2) is 11.6 Å². The van der Waals surface area contributed by atoms with Crippen molar-refractivity contribution in [1.82, 2.24) is 4.98 Å². The standard InChI is InChI=1S/C13H9ClFN3/c1-8-2-3-9(6-16)4-12(8)18-13-11(15)5-10(14)7-17-13/h2-5,7H,1H3,(H,17,18). The molecule has 0 saturated heterocycles. The van der Waals surface area contributed by atoms with Crippen molar-refractivity contribution in [3.63, 3.8) is 0 Å². The number of aryl methyl sites for hydroxylation is 1. The first-order chi connectivity index (χ1) is 8.60. The summed E-state index contributed by atoms with van der Waals surface area (Å²) < 4.78 is 13.6. The van der Waals surface area contributed by atoms with Gasteiger partial charge in [-0.3, -0.25) is 0 Å². The number of hydrogen-bond acceptors (Lipinski definition) is 3. The van der Waals surface area contributed by atoms with Crippen LogP contribution in [0.4, 0.5) is 15.9 Å². The fraction of sp³-hybridized carbons (Fsp3) is 0.0769.